The van der Waals surface area contributed by atoms with Crippen molar-refractivity contribution in [3.05, 3.63) is 47.5 Å². The molecule has 9 nitrogen and oxygen atoms in total. The molecule has 1 aliphatic carbocycles. The summed E-state index contributed by atoms with van der Waals surface area (Å²) in [7, 11) is 2.02. The number of hydrogen-bond acceptors (Lipinski definition) is 5. The Kier molecular flexibility index (Phi) is 6.45. The average molecular weight is 559 g/mol. The van der Waals surface area contributed by atoms with E-state index < -0.39 is 12.7 Å². The van der Waals surface area contributed by atoms with Gasteiger partial charge in [-0.25, -0.2) is 9.37 Å². The van der Waals surface area contributed by atoms with Gasteiger partial charge in [0.15, 0.2) is 5.82 Å². The molecule has 0 bridgehead atoms. The fourth-order valence-corrected chi connectivity index (χ4v) is 6.28. The molecule has 3 N–H and O–H groups in total. The number of benzene rings is 2. The average Bonchev–Trinajstić information content (AvgIpc) is 3.45. The van der Waals surface area contributed by atoms with E-state index in [2.05, 4.69) is 32.7 Å². The maximum absolute atomic E-state index is 13.3. The molecule has 41 heavy (non-hydrogen) atoms. The highest BCUT2D eigenvalue weighted by molar-refractivity contribution is 6.01. The highest BCUT2D eigenvalue weighted by Crippen LogP contribution is 2.39. The van der Waals surface area contributed by atoms with Crippen LogP contribution in [0.25, 0.3) is 33.5 Å². The van der Waals surface area contributed by atoms with Crippen molar-refractivity contribution in [1.29, 1.82) is 0 Å². The predicted octanol–water partition coefficient (Wildman–Crippen LogP) is 3.42. The van der Waals surface area contributed by atoms with Crippen molar-refractivity contribution in [1.82, 2.24) is 24.3 Å². The first-order chi connectivity index (χ1) is 19.9. The van der Waals surface area contributed by atoms with Crippen LogP contribution in [0.2, 0.25) is 0 Å². The Morgan fingerprint density at radius 1 is 1.20 bits per heavy atom. The number of carbonyl (C=O) groups is 2. The van der Waals surface area contributed by atoms with Crippen molar-refractivity contribution in [3.63, 3.8) is 0 Å². The van der Waals surface area contributed by atoms with E-state index in [1.807, 2.05) is 25.2 Å². The number of aryl methyl sites for hydroxylation is 1. The molecule has 2 atom stereocenters. The van der Waals surface area contributed by atoms with Gasteiger partial charge < -0.3 is 29.8 Å². The van der Waals surface area contributed by atoms with Gasteiger partial charge in [-0.3, -0.25) is 9.59 Å². The Morgan fingerprint density at radius 3 is 2.80 bits per heavy atom. The van der Waals surface area contributed by atoms with Gasteiger partial charge in [0.2, 0.25) is 5.91 Å². The Labute approximate surface area is 237 Å². The zero-order valence-electron chi connectivity index (χ0n) is 23.2. The molecule has 4 aromatic rings. The first-order valence-corrected chi connectivity index (χ1v) is 14.5. The molecule has 1 saturated carbocycles. The first-order valence-electron chi connectivity index (χ1n) is 14.5. The third-order valence-electron chi connectivity index (χ3n) is 8.71. The lowest BCUT2D eigenvalue weighted by molar-refractivity contribution is -0.119. The zero-order chi connectivity index (χ0) is 28.2. The Morgan fingerprint density at radius 2 is 2.05 bits per heavy atom. The van der Waals surface area contributed by atoms with Crippen LogP contribution in [0, 0.1) is 11.8 Å². The lowest BCUT2D eigenvalue weighted by Crippen LogP contribution is -2.45. The molecular formula is C31H35FN6O3. The summed E-state index contributed by atoms with van der Waals surface area (Å²) in [6.45, 7) is 2.10. The number of rotatable bonds is 9. The fourth-order valence-electron chi connectivity index (χ4n) is 6.28. The van der Waals surface area contributed by atoms with Crippen LogP contribution in [0.5, 0.6) is 5.75 Å². The van der Waals surface area contributed by atoms with E-state index in [1.165, 1.54) is 12.8 Å². The Hall–Kier alpha value is -3.92. The van der Waals surface area contributed by atoms with Gasteiger partial charge >= 0.3 is 0 Å². The summed E-state index contributed by atoms with van der Waals surface area (Å²) in [4.78, 5) is 31.6. The highest BCUT2D eigenvalue weighted by atomic mass is 19.1. The lowest BCUT2D eigenvalue weighted by atomic mass is 9.97. The molecule has 0 spiro atoms. The molecule has 2 aromatic heterocycles. The third-order valence-corrected chi connectivity index (χ3v) is 8.71. The molecule has 214 valence electrons. The van der Waals surface area contributed by atoms with E-state index in [-0.39, 0.29) is 24.3 Å². The number of imidazole rings is 1. The zero-order valence-corrected chi connectivity index (χ0v) is 23.2. The SMILES string of the molecule is Cn1c(-c2cc3cccc(OC[C@@H]4CNC(=O)C4)c3n2CC2CC2)nc2cc3c(cc21)CCN(C[C@H](N)CF)C3=O. The lowest BCUT2D eigenvalue weighted by Gasteiger charge is -2.30. The molecule has 2 fully saturated rings. The van der Waals surface area contributed by atoms with Gasteiger partial charge in [-0.2, -0.15) is 0 Å². The quantitative estimate of drug-likeness (QED) is 0.328. The van der Waals surface area contributed by atoms with E-state index in [4.69, 9.17) is 15.5 Å². The number of aromatic nitrogens is 3. The molecule has 3 aliphatic rings. The van der Waals surface area contributed by atoms with Crippen molar-refractivity contribution >= 4 is 33.8 Å². The molecule has 2 amide bonds. The number of halogens is 1. The largest absolute Gasteiger partial charge is 0.491 e. The number of ether oxygens (including phenoxy) is 1. The third kappa shape index (κ3) is 4.73. The number of nitrogens with zero attached hydrogens (tertiary/aromatic N) is 4. The Balaban J connectivity index is 1.28. The van der Waals surface area contributed by atoms with Crippen LogP contribution in [0.4, 0.5) is 4.39 Å². The van der Waals surface area contributed by atoms with Gasteiger partial charge in [-0.05, 0) is 55.0 Å². The minimum atomic E-state index is -0.676. The van der Waals surface area contributed by atoms with Crippen LogP contribution in [0.1, 0.15) is 35.2 Å². The van der Waals surface area contributed by atoms with E-state index in [0.717, 1.165) is 51.3 Å². The van der Waals surface area contributed by atoms with Crippen LogP contribution < -0.4 is 15.8 Å². The summed E-state index contributed by atoms with van der Waals surface area (Å²) in [5.74, 6) is 2.40. The van der Waals surface area contributed by atoms with E-state index >= 15 is 0 Å². The predicted molar refractivity (Wildman–Crippen MR) is 155 cm³/mol. The molecule has 4 heterocycles. The second kappa shape index (κ2) is 10.2. The van der Waals surface area contributed by atoms with E-state index in [0.29, 0.717) is 44.0 Å². The highest BCUT2D eigenvalue weighted by Gasteiger charge is 2.30. The van der Waals surface area contributed by atoms with Crippen LogP contribution in [-0.2, 0) is 24.8 Å². The van der Waals surface area contributed by atoms with Crippen LogP contribution >= 0.6 is 0 Å². The summed E-state index contributed by atoms with van der Waals surface area (Å²) in [6, 6.07) is 11.6. The number of alkyl halides is 1. The molecule has 0 radical (unpaired) electrons. The fraction of sp³-hybridized carbons (Fsp3) is 0.452. The van der Waals surface area contributed by atoms with E-state index in [9.17, 15) is 14.0 Å². The van der Waals surface area contributed by atoms with Crippen molar-refractivity contribution in [2.45, 2.75) is 38.3 Å². The van der Waals surface area contributed by atoms with Gasteiger partial charge in [0, 0.05) is 56.5 Å². The van der Waals surface area contributed by atoms with Gasteiger partial charge in [0.05, 0.1) is 34.9 Å². The summed E-state index contributed by atoms with van der Waals surface area (Å²) >= 11 is 0. The van der Waals surface area contributed by atoms with Crippen LogP contribution in [-0.4, -0.2) is 69.8 Å². The first kappa shape index (κ1) is 26.0. The smallest absolute Gasteiger partial charge is 0.254 e. The number of para-hydroxylation sites is 1. The minimum Gasteiger partial charge on any atom is -0.491 e. The number of hydrogen-bond donors (Lipinski definition) is 2. The standard InChI is InChI=1S/C31H35FN6O3/c1-36-25-10-20-7-8-37(16-22(33)13-32)31(40)23(20)12-24(25)35-30(36)26-11-21-3-2-4-27(29(21)38(26)15-18-5-6-18)41-17-19-9-28(39)34-14-19/h2-4,10-12,18-19,22H,5-9,13-17,33H2,1H3,(H,34,39)/t19-,22+/m0/s1. The molecule has 10 heteroatoms. The molecule has 2 aromatic carbocycles. The summed E-state index contributed by atoms with van der Waals surface area (Å²) in [5, 5.41) is 3.97. The number of carbonyl (C=O) groups excluding carboxylic acids is 2. The molecule has 0 unspecified atom stereocenters. The van der Waals surface area contributed by atoms with Gasteiger partial charge in [0.25, 0.3) is 5.91 Å². The van der Waals surface area contributed by atoms with Crippen molar-refractivity contribution in [2.75, 3.05) is 32.9 Å². The topological polar surface area (TPSA) is 107 Å². The van der Waals surface area contributed by atoms with Gasteiger partial charge in [0.1, 0.15) is 12.4 Å². The molecule has 1 saturated heterocycles. The molecular weight excluding hydrogens is 523 g/mol. The van der Waals surface area contributed by atoms with Crippen LogP contribution in [0.15, 0.2) is 36.4 Å². The minimum absolute atomic E-state index is 0.0810. The second-order valence-corrected chi connectivity index (χ2v) is 11.9. The van der Waals surface area contributed by atoms with Gasteiger partial charge in [-0.1, -0.05) is 12.1 Å². The Bertz CT molecular complexity index is 1670. The van der Waals surface area contributed by atoms with Crippen molar-refractivity contribution in [2.24, 2.45) is 24.6 Å². The van der Waals surface area contributed by atoms with Gasteiger partial charge in [-0.15, -0.1) is 0 Å². The normalized spacial score (nSPS) is 19.7. The van der Waals surface area contributed by atoms with Crippen LogP contribution in [0.3, 0.4) is 0 Å². The van der Waals surface area contributed by atoms with Crippen molar-refractivity contribution in [3.8, 4) is 17.3 Å². The number of nitrogens with one attached hydrogen (secondary N) is 1. The maximum Gasteiger partial charge on any atom is 0.254 e. The summed E-state index contributed by atoms with van der Waals surface area (Å²) in [6.07, 6.45) is 3.61. The number of nitrogens with two attached hydrogens (primary N) is 1. The summed E-state index contributed by atoms with van der Waals surface area (Å²) in [5.41, 5.74) is 11.2. The maximum atomic E-state index is 13.3. The number of fused-ring (bicyclic) bond motifs is 3. The summed E-state index contributed by atoms with van der Waals surface area (Å²) < 4.78 is 23.8. The monoisotopic (exact) mass is 558 g/mol. The van der Waals surface area contributed by atoms with Crippen molar-refractivity contribution < 1.29 is 18.7 Å². The molecule has 7 rings (SSSR count). The second-order valence-electron chi connectivity index (χ2n) is 11.9. The number of amides is 2. The van der Waals surface area contributed by atoms with E-state index in [1.54, 1.807) is 4.90 Å². The molecule has 2 aliphatic heterocycles.